The quantitative estimate of drug-likeness (QED) is 0.177. The molecule has 0 spiro atoms. The molecule has 0 N–H and O–H groups in total. The minimum atomic E-state index is 0.622. The van der Waals surface area contributed by atoms with Crippen molar-refractivity contribution < 1.29 is 4.42 Å². The zero-order valence-electron chi connectivity index (χ0n) is 30.5. The van der Waals surface area contributed by atoms with E-state index in [-0.39, 0.29) is 0 Å². The normalized spacial score (nSPS) is 11.9. The van der Waals surface area contributed by atoms with E-state index < -0.39 is 0 Å². The van der Waals surface area contributed by atoms with Crippen LogP contribution in [-0.4, -0.2) is 19.9 Å². The molecule has 0 amide bonds. The van der Waals surface area contributed by atoms with Gasteiger partial charge in [0.2, 0.25) is 0 Å². The molecular weight excluding hydrogens is 697 g/mol. The van der Waals surface area contributed by atoms with Gasteiger partial charge in [0.1, 0.15) is 11.2 Å². The number of furan rings is 1. The van der Waals surface area contributed by atoms with Crippen molar-refractivity contribution in [3.63, 3.8) is 0 Å². The average Bonchev–Trinajstić information content (AvgIpc) is 3.83. The Hall–Kier alpha value is -7.76. The first-order valence-electron chi connectivity index (χ1n) is 19.1. The third-order valence-electron chi connectivity index (χ3n) is 11.3. The Labute approximate surface area is 327 Å². The Morgan fingerprint density at radius 1 is 0.333 bits per heavy atom. The van der Waals surface area contributed by atoms with Gasteiger partial charge in [-0.1, -0.05) is 133 Å². The molecule has 0 unspecified atom stereocenters. The highest BCUT2D eigenvalue weighted by molar-refractivity contribution is 6.16. The van der Waals surface area contributed by atoms with Gasteiger partial charge in [-0.15, -0.1) is 0 Å². The highest BCUT2D eigenvalue weighted by atomic mass is 16.3. The van der Waals surface area contributed by atoms with Gasteiger partial charge in [0, 0.05) is 39.0 Å². The topological polar surface area (TPSA) is 64.7 Å². The lowest BCUT2D eigenvalue weighted by molar-refractivity contribution is 0.669. The highest BCUT2D eigenvalue weighted by Crippen LogP contribution is 2.48. The van der Waals surface area contributed by atoms with E-state index in [0.717, 1.165) is 77.2 Å². The molecule has 12 rings (SSSR count). The molecule has 0 aliphatic heterocycles. The maximum absolute atomic E-state index is 6.25. The summed E-state index contributed by atoms with van der Waals surface area (Å²) >= 11 is 0. The summed E-state index contributed by atoms with van der Waals surface area (Å²) in [6, 6.07) is 61.4. The van der Waals surface area contributed by atoms with Gasteiger partial charge >= 0.3 is 0 Å². The molecule has 0 bridgehead atoms. The van der Waals surface area contributed by atoms with Crippen LogP contribution < -0.4 is 0 Å². The largest absolute Gasteiger partial charge is 0.456 e. The first kappa shape index (κ1) is 31.6. The van der Waals surface area contributed by atoms with E-state index in [9.17, 15) is 0 Å². The van der Waals surface area contributed by atoms with Crippen LogP contribution in [0.25, 0.3) is 122 Å². The minimum Gasteiger partial charge on any atom is -0.456 e. The second-order valence-corrected chi connectivity index (χ2v) is 14.6. The molecule has 5 nitrogen and oxygen atoms in total. The smallest absolute Gasteiger partial charge is 0.164 e. The van der Waals surface area contributed by atoms with Crippen molar-refractivity contribution in [2.45, 2.75) is 0 Å². The standard InChI is InChI=1S/C52H30N4O/c1-2-10-31(11-3-1)50-54-51(35-14-6-12-32(28-35)33-22-25-39-40-17-8-19-45-48(40)42(26-27-53-45)44(39)30-33)56-52(55-50)36-23-24-37-34(29-36)13-7-16-38(37)41-18-9-21-47-49(41)43-15-4-5-20-46(43)57-47/h1-30H. The molecule has 0 saturated carbocycles. The fourth-order valence-electron chi connectivity index (χ4n) is 8.68. The SMILES string of the molecule is c1ccc(-c2nc(-c3cccc(-c4ccc5c(c4)-c4ccnc6cccc-5c46)c3)nc(-c3ccc4c(-c5cccc6oc7ccccc7c56)cccc4c3)n2)cc1. The molecule has 0 saturated heterocycles. The maximum atomic E-state index is 6.25. The average molecular weight is 727 g/mol. The van der Waals surface area contributed by atoms with Gasteiger partial charge < -0.3 is 4.42 Å². The van der Waals surface area contributed by atoms with Gasteiger partial charge in [0.05, 0.1) is 5.52 Å². The molecule has 1 aliphatic rings. The van der Waals surface area contributed by atoms with Crippen molar-refractivity contribution in [1.29, 1.82) is 0 Å². The molecular formula is C52H30N4O. The summed E-state index contributed by atoms with van der Waals surface area (Å²) in [5, 5.41) is 5.71. The lowest BCUT2D eigenvalue weighted by atomic mass is 9.94. The van der Waals surface area contributed by atoms with Gasteiger partial charge in [-0.05, 0) is 97.7 Å². The van der Waals surface area contributed by atoms with E-state index >= 15 is 0 Å². The Morgan fingerprint density at radius 2 is 0.965 bits per heavy atom. The summed E-state index contributed by atoms with van der Waals surface area (Å²) in [5.74, 6) is 1.87. The van der Waals surface area contributed by atoms with Crippen molar-refractivity contribution in [1.82, 2.24) is 19.9 Å². The number of fused-ring (bicyclic) bond motifs is 7. The van der Waals surface area contributed by atoms with E-state index in [1.807, 2.05) is 54.7 Å². The van der Waals surface area contributed by atoms with Gasteiger partial charge in [0.15, 0.2) is 17.5 Å². The fourth-order valence-corrected chi connectivity index (χ4v) is 8.68. The van der Waals surface area contributed by atoms with E-state index in [2.05, 4.69) is 132 Å². The molecule has 0 fully saturated rings. The summed E-state index contributed by atoms with van der Waals surface area (Å²) in [7, 11) is 0. The van der Waals surface area contributed by atoms with Crippen molar-refractivity contribution in [2.24, 2.45) is 0 Å². The molecule has 1 aliphatic carbocycles. The van der Waals surface area contributed by atoms with E-state index in [1.54, 1.807) is 0 Å². The van der Waals surface area contributed by atoms with Crippen LogP contribution in [-0.2, 0) is 0 Å². The van der Waals surface area contributed by atoms with Crippen LogP contribution in [0.3, 0.4) is 0 Å². The molecule has 11 aromatic rings. The van der Waals surface area contributed by atoms with Gasteiger partial charge in [-0.2, -0.15) is 0 Å². The molecule has 0 atom stereocenters. The third-order valence-corrected chi connectivity index (χ3v) is 11.3. The lowest BCUT2D eigenvalue weighted by Gasteiger charge is -2.12. The zero-order valence-corrected chi connectivity index (χ0v) is 30.5. The van der Waals surface area contributed by atoms with Crippen molar-refractivity contribution in [3.8, 4) is 78.7 Å². The molecule has 0 radical (unpaired) electrons. The Morgan fingerprint density at radius 3 is 1.86 bits per heavy atom. The lowest BCUT2D eigenvalue weighted by Crippen LogP contribution is -2.00. The molecule has 8 aromatic carbocycles. The van der Waals surface area contributed by atoms with Crippen LogP contribution in [0.2, 0.25) is 0 Å². The van der Waals surface area contributed by atoms with Crippen LogP contribution in [0.1, 0.15) is 0 Å². The number of nitrogens with zero attached hydrogens (tertiary/aromatic N) is 4. The maximum Gasteiger partial charge on any atom is 0.164 e. The number of aromatic nitrogens is 4. The van der Waals surface area contributed by atoms with E-state index in [1.165, 1.54) is 27.6 Å². The predicted octanol–water partition coefficient (Wildman–Crippen LogP) is 13.5. The predicted molar refractivity (Wildman–Crippen MR) is 232 cm³/mol. The Bertz CT molecular complexity index is 3420. The van der Waals surface area contributed by atoms with Crippen LogP contribution in [0.5, 0.6) is 0 Å². The fraction of sp³-hybridized carbons (Fsp3) is 0. The van der Waals surface area contributed by atoms with Gasteiger partial charge in [-0.25, -0.2) is 15.0 Å². The highest BCUT2D eigenvalue weighted by Gasteiger charge is 2.22. The summed E-state index contributed by atoms with van der Waals surface area (Å²) in [5.41, 5.74) is 15.0. The number of benzene rings is 8. The number of hydrogen-bond donors (Lipinski definition) is 0. The monoisotopic (exact) mass is 726 g/mol. The molecule has 264 valence electrons. The van der Waals surface area contributed by atoms with Gasteiger partial charge in [-0.3, -0.25) is 4.98 Å². The second kappa shape index (κ2) is 12.4. The Balaban J connectivity index is 0.971. The van der Waals surface area contributed by atoms with Crippen LogP contribution in [0, 0.1) is 0 Å². The minimum absolute atomic E-state index is 0.622. The Kier molecular flexibility index (Phi) is 6.86. The third kappa shape index (κ3) is 5.03. The van der Waals surface area contributed by atoms with Crippen molar-refractivity contribution in [2.75, 3.05) is 0 Å². The van der Waals surface area contributed by atoms with E-state index in [4.69, 9.17) is 19.4 Å². The van der Waals surface area contributed by atoms with Crippen LogP contribution in [0.4, 0.5) is 0 Å². The number of rotatable bonds is 5. The molecule has 3 aromatic heterocycles. The first-order chi connectivity index (χ1) is 28.2. The zero-order chi connectivity index (χ0) is 37.5. The van der Waals surface area contributed by atoms with Crippen LogP contribution >= 0.6 is 0 Å². The van der Waals surface area contributed by atoms with Crippen LogP contribution in [0.15, 0.2) is 187 Å². The van der Waals surface area contributed by atoms with Gasteiger partial charge in [0.25, 0.3) is 0 Å². The molecule has 57 heavy (non-hydrogen) atoms. The van der Waals surface area contributed by atoms with E-state index in [0.29, 0.717) is 17.5 Å². The summed E-state index contributed by atoms with van der Waals surface area (Å²) in [4.78, 5) is 19.9. The second-order valence-electron chi connectivity index (χ2n) is 14.6. The summed E-state index contributed by atoms with van der Waals surface area (Å²) < 4.78 is 6.25. The molecule has 5 heteroatoms. The summed E-state index contributed by atoms with van der Waals surface area (Å²) in [6.45, 7) is 0. The number of para-hydroxylation sites is 1. The molecule has 3 heterocycles. The van der Waals surface area contributed by atoms with Crippen molar-refractivity contribution >= 4 is 43.6 Å². The summed E-state index contributed by atoms with van der Waals surface area (Å²) in [6.07, 6.45) is 1.91. The van der Waals surface area contributed by atoms with Crippen molar-refractivity contribution in [3.05, 3.63) is 182 Å². The number of hydrogen-bond acceptors (Lipinski definition) is 5. The number of pyridine rings is 1. The first-order valence-corrected chi connectivity index (χ1v) is 19.1.